The summed E-state index contributed by atoms with van der Waals surface area (Å²) in [5.74, 6) is 0.435. The Kier molecular flexibility index (Phi) is 4.68. The molecular weight excluding hydrogens is 254 g/mol. The number of urea groups is 1. The molecule has 114 valence electrons. The van der Waals surface area contributed by atoms with Crippen LogP contribution in [0.25, 0.3) is 0 Å². The first-order valence-electron chi connectivity index (χ1n) is 7.89. The average molecular weight is 281 g/mol. The molecule has 0 aromatic heterocycles. The lowest BCUT2D eigenvalue weighted by Crippen LogP contribution is -2.54. The van der Waals surface area contributed by atoms with Gasteiger partial charge in [0.05, 0.1) is 0 Å². The molecule has 3 amide bonds. The number of carbonyl (C=O) groups excluding carboxylic acids is 2. The second-order valence-corrected chi connectivity index (χ2v) is 6.17. The second kappa shape index (κ2) is 6.12. The fourth-order valence-electron chi connectivity index (χ4n) is 3.67. The minimum Gasteiger partial charge on any atom is -0.308 e. The van der Waals surface area contributed by atoms with Crippen LogP contribution in [0.3, 0.4) is 0 Å². The van der Waals surface area contributed by atoms with Gasteiger partial charge >= 0.3 is 6.03 Å². The highest BCUT2D eigenvalue weighted by Crippen LogP contribution is 2.39. The summed E-state index contributed by atoms with van der Waals surface area (Å²) in [6.07, 6.45) is 3.81. The lowest BCUT2D eigenvalue weighted by atomic mass is 9.75. The van der Waals surface area contributed by atoms with Crippen LogP contribution in [-0.4, -0.2) is 53.5 Å². The Labute approximate surface area is 121 Å². The molecule has 0 aromatic rings. The van der Waals surface area contributed by atoms with Gasteiger partial charge in [0.25, 0.3) is 5.91 Å². The summed E-state index contributed by atoms with van der Waals surface area (Å²) in [6, 6.07) is -0.198. The van der Waals surface area contributed by atoms with E-state index in [0.29, 0.717) is 12.5 Å². The third-order valence-electron chi connectivity index (χ3n) is 4.91. The highest BCUT2D eigenvalue weighted by Gasteiger charge is 2.53. The molecule has 20 heavy (non-hydrogen) atoms. The molecule has 0 radical (unpaired) electrons. The predicted octanol–water partition coefficient (Wildman–Crippen LogP) is 1.83. The van der Waals surface area contributed by atoms with Gasteiger partial charge in [0.2, 0.25) is 0 Å². The third kappa shape index (κ3) is 2.68. The van der Waals surface area contributed by atoms with Gasteiger partial charge in [-0.1, -0.05) is 33.6 Å². The molecule has 2 atom stereocenters. The van der Waals surface area contributed by atoms with E-state index in [1.165, 1.54) is 0 Å². The number of rotatable bonds is 5. The van der Waals surface area contributed by atoms with Crippen LogP contribution in [0.15, 0.2) is 0 Å². The van der Waals surface area contributed by atoms with Gasteiger partial charge in [0, 0.05) is 13.1 Å². The van der Waals surface area contributed by atoms with Crippen LogP contribution in [-0.2, 0) is 4.79 Å². The van der Waals surface area contributed by atoms with Crippen molar-refractivity contribution in [2.75, 3.05) is 26.2 Å². The van der Waals surface area contributed by atoms with Crippen molar-refractivity contribution in [1.29, 1.82) is 0 Å². The Bertz CT molecular complexity index is 381. The van der Waals surface area contributed by atoms with Crippen LogP contribution in [0.1, 0.15) is 46.5 Å². The van der Waals surface area contributed by atoms with E-state index in [9.17, 15) is 9.59 Å². The van der Waals surface area contributed by atoms with Crippen LogP contribution in [0.4, 0.5) is 4.79 Å². The SMILES string of the molecule is CCN(CC)CCN1C(=O)NC(=O)C12CCCC(C)C2. The number of hydrogen-bond donors (Lipinski definition) is 1. The number of imide groups is 1. The summed E-state index contributed by atoms with van der Waals surface area (Å²) in [7, 11) is 0. The number of hydrogen-bond acceptors (Lipinski definition) is 3. The van der Waals surface area contributed by atoms with Crippen LogP contribution in [0.5, 0.6) is 0 Å². The van der Waals surface area contributed by atoms with E-state index in [1.807, 2.05) is 4.90 Å². The molecule has 2 fully saturated rings. The van der Waals surface area contributed by atoms with Gasteiger partial charge in [-0.05, 0) is 31.8 Å². The summed E-state index contributed by atoms with van der Waals surface area (Å²) >= 11 is 0. The van der Waals surface area contributed by atoms with Gasteiger partial charge in [-0.15, -0.1) is 0 Å². The predicted molar refractivity (Wildman–Crippen MR) is 78.4 cm³/mol. The fourth-order valence-corrected chi connectivity index (χ4v) is 3.67. The van der Waals surface area contributed by atoms with E-state index in [4.69, 9.17) is 0 Å². The van der Waals surface area contributed by atoms with E-state index >= 15 is 0 Å². The molecule has 1 N–H and O–H groups in total. The summed E-state index contributed by atoms with van der Waals surface area (Å²) in [6.45, 7) is 9.86. The number of nitrogens with one attached hydrogen (secondary N) is 1. The van der Waals surface area contributed by atoms with Crippen molar-refractivity contribution in [3.8, 4) is 0 Å². The minimum absolute atomic E-state index is 0.0754. The van der Waals surface area contributed by atoms with E-state index in [0.717, 1.165) is 45.3 Å². The van der Waals surface area contributed by atoms with Gasteiger partial charge in [-0.2, -0.15) is 0 Å². The van der Waals surface area contributed by atoms with Gasteiger partial charge in [0.15, 0.2) is 0 Å². The van der Waals surface area contributed by atoms with Crippen LogP contribution in [0, 0.1) is 5.92 Å². The number of nitrogens with zero attached hydrogens (tertiary/aromatic N) is 2. The van der Waals surface area contributed by atoms with Gasteiger partial charge in [0.1, 0.15) is 5.54 Å². The third-order valence-corrected chi connectivity index (χ3v) is 4.91. The summed E-state index contributed by atoms with van der Waals surface area (Å²) in [4.78, 5) is 28.5. The lowest BCUT2D eigenvalue weighted by Gasteiger charge is -2.41. The molecule has 2 rings (SSSR count). The quantitative estimate of drug-likeness (QED) is 0.782. The molecule has 5 heteroatoms. The summed E-state index contributed by atoms with van der Waals surface area (Å²) in [5.41, 5.74) is -0.568. The van der Waals surface area contributed by atoms with Gasteiger partial charge in [-0.3, -0.25) is 10.1 Å². The number of likely N-dealkylation sites (N-methyl/N-ethyl adjacent to an activating group) is 1. The van der Waals surface area contributed by atoms with Crippen molar-refractivity contribution in [1.82, 2.24) is 15.1 Å². The molecule has 1 saturated heterocycles. The summed E-state index contributed by atoms with van der Waals surface area (Å²) < 4.78 is 0. The Morgan fingerprint density at radius 1 is 1.35 bits per heavy atom. The zero-order chi connectivity index (χ0) is 14.8. The normalized spacial score (nSPS) is 30.4. The molecule has 1 aliphatic heterocycles. The average Bonchev–Trinajstić information content (AvgIpc) is 2.63. The zero-order valence-corrected chi connectivity index (χ0v) is 12.9. The van der Waals surface area contributed by atoms with E-state index in [1.54, 1.807) is 0 Å². The largest absolute Gasteiger partial charge is 0.325 e. The smallest absolute Gasteiger partial charge is 0.308 e. The molecule has 0 bridgehead atoms. The van der Waals surface area contributed by atoms with Crippen molar-refractivity contribution in [3.63, 3.8) is 0 Å². The van der Waals surface area contributed by atoms with E-state index in [-0.39, 0.29) is 11.9 Å². The van der Waals surface area contributed by atoms with Crippen LogP contribution < -0.4 is 5.32 Å². The molecular formula is C15H27N3O2. The topological polar surface area (TPSA) is 52.6 Å². The molecule has 1 spiro atoms. The monoisotopic (exact) mass is 281 g/mol. The van der Waals surface area contributed by atoms with E-state index in [2.05, 4.69) is 31.0 Å². The maximum atomic E-state index is 12.3. The van der Waals surface area contributed by atoms with Crippen molar-refractivity contribution in [2.24, 2.45) is 5.92 Å². The Morgan fingerprint density at radius 3 is 2.65 bits per heavy atom. The second-order valence-electron chi connectivity index (χ2n) is 6.17. The highest BCUT2D eigenvalue weighted by atomic mass is 16.2. The first-order valence-corrected chi connectivity index (χ1v) is 7.89. The van der Waals surface area contributed by atoms with Crippen molar-refractivity contribution in [2.45, 2.75) is 52.0 Å². The van der Waals surface area contributed by atoms with Crippen molar-refractivity contribution in [3.05, 3.63) is 0 Å². The Balaban J connectivity index is 2.11. The number of carbonyl (C=O) groups is 2. The first kappa shape index (κ1) is 15.3. The highest BCUT2D eigenvalue weighted by molar-refractivity contribution is 6.07. The molecule has 2 aliphatic rings. The molecule has 0 aromatic carbocycles. The van der Waals surface area contributed by atoms with Gasteiger partial charge < -0.3 is 9.80 Å². The molecule has 1 saturated carbocycles. The number of amides is 3. The fraction of sp³-hybridized carbons (Fsp3) is 0.867. The first-order chi connectivity index (χ1) is 9.53. The zero-order valence-electron chi connectivity index (χ0n) is 12.9. The molecule has 5 nitrogen and oxygen atoms in total. The molecule has 1 aliphatic carbocycles. The molecule has 2 unspecified atom stereocenters. The maximum Gasteiger partial charge on any atom is 0.325 e. The summed E-state index contributed by atoms with van der Waals surface area (Å²) in [5, 5.41) is 2.54. The lowest BCUT2D eigenvalue weighted by molar-refractivity contribution is -0.129. The van der Waals surface area contributed by atoms with E-state index < -0.39 is 5.54 Å². The Morgan fingerprint density at radius 2 is 2.05 bits per heavy atom. The standard InChI is InChI=1S/C15H27N3O2/c1-4-17(5-2)9-10-18-14(20)16-13(19)15(18)8-6-7-12(3)11-15/h12H,4-11H2,1-3H3,(H,16,19,20). The Hall–Kier alpha value is -1.10. The van der Waals surface area contributed by atoms with Crippen LogP contribution >= 0.6 is 0 Å². The maximum absolute atomic E-state index is 12.3. The van der Waals surface area contributed by atoms with Gasteiger partial charge in [-0.25, -0.2) is 4.79 Å². The van der Waals surface area contributed by atoms with Crippen molar-refractivity contribution < 1.29 is 9.59 Å². The molecule has 1 heterocycles. The van der Waals surface area contributed by atoms with Crippen LogP contribution in [0.2, 0.25) is 0 Å². The van der Waals surface area contributed by atoms with Crippen molar-refractivity contribution >= 4 is 11.9 Å². The minimum atomic E-state index is -0.568.